The summed E-state index contributed by atoms with van der Waals surface area (Å²) in [6.07, 6.45) is -4.49. The summed E-state index contributed by atoms with van der Waals surface area (Å²) in [5, 5.41) is -0.0292. The summed E-state index contributed by atoms with van der Waals surface area (Å²) in [5.74, 6) is -0.619. The van der Waals surface area contributed by atoms with Gasteiger partial charge in [-0.25, -0.2) is 0 Å². The fourth-order valence-corrected chi connectivity index (χ4v) is 1.25. The molecule has 90 valence electrons. The van der Waals surface area contributed by atoms with Gasteiger partial charge in [-0.3, -0.25) is 4.79 Å². The molecule has 0 aliphatic rings. The Morgan fingerprint density at radius 1 is 1.38 bits per heavy atom. The first-order chi connectivity index (χ1) is 6.86. The summed E-state index contributed by atoms with van der Waals surface area (Å²) >= 11 is 5.58. The molecule has 0 saturated carbocycles. The molecular formula is C9H8Cl2F3NO. The molecule has 0 bridgehead atoms. The Morgan fingerprint density at radius 3 is 2.38 bits per heavy atom. The number of Topliss-reactive ketones (excluding diaryl/α,β-unsaturated/α-hetero) is 1. The fraction of sp³-hybridized carbons (Fsp3) is 0.222. The van der Waals surface area contributed by atoms with Gasteiger partial charge in [-0.15, -0.1) is 12.4 Å². The Hall–Kier alpha value is -0.780. The van der Waals surface area contributed by atoms with E-state index in [0.717, 1.165) is 12.1 Å². The van der Waals surface area contributed by atoms with E-state index in [1.165, 1.54) is 0 Å². The Bertz CT molecular complexity index is 393. The third-order valence-corrected chi connectivity index (χ3v) is 2.11. The zero-order valence-electron chi connectivity index (χ0n) is 7.84. The van der Waals surface area contributed by atoms with E-state index < -0.39 is 17.5 Å². The number of carbonyl (C=O) groups excluding carboxylic acids is 1. The van der Waals surface area contributed by atoms with Crippen LogP contribution in [0.25, 0.3) is 0 Å². The van der Waals surface area contributed by atoms with Gasteiger partial charge in [-0.1, -0.05) is 11.6 Å². The second kappa shape index (κ2) is 5.52. The second-order valence-electron chi connectivity index (χ2n) is 2.82. The molecule has 1 aromatic carbocycles. The quantitative estimate of drug-likeness (QED) is 0.842. The maximum Gasteiger partial charge on any atom is 0.416 e. The highest BCUT2D eigenvalue weighted by Gasteiger charge is 2.31. The first-order valence-corrected chi connectivity index (χ1v) is 4.34. The summed E-state index contributed by atoms with van der Waals surface area (Å²) < 4.78 is 36.8. The van der Waals surface area contributed by atoms with Gasteiger partial charge in [0.05, 0.1) is 17.1 Å². The van der Waals surface area contributed by atoms with Crippen LogP contribution in [0.15, 0.2) is 18.2 Å². The summed E-state index contributed by atoms with van der Waals surface area (Å²) in [7, 11) is 0. The van der Waals surface area contributed by atoms with Crippen LogP contribution in [0.5, 0.6) is 0 Å². The molecule has 0 saturated heterocycles. The Labute approximate surface area is 101 Å². The maximum atomic E-state index is 12.3. The van der Waals surface area contributed by atoms with Gasteiger partial charge in [0, 0.05) is 5.56 Å². The average molecular weight is 274 g/mol. The van der Waals surface area contributed by atoms with Crippen LogP contribution in [-0.2, 0) is 6.18 Å². The monoisotopic (exact) mass is 273 g/mol. The molecule has 0 fully saturated rings. The van der Waals surface area contributed by atoms with Crippen molar-refractivity contribution >= 4 is 29.8 Å². The molecule has 1 aromatic rings. The SMILES string of the molecule is Cl.NCC(=O)c1cc(C(F)(F)F)ccc1Cl. The van der Waals surface area contributed by atoms with Crippen molar-refractivity contribution in [3.8, 4) is 0 Å². The maximum absolute atomic E-state index is 12.3. The van der Waals surface area contributed by atoms with Crippen molar-refractivity contribution in [2.24, 2.45) is 5.73 Å². The number of hydrogen-bond donors (Lipinski definition) is 1. The Kier molecular flexibility index (Phi) is 5.25. The summed E-state index contributed by atoms with van der Waals surface area (Å²) in [5.41, 5.74) is 3.93. The van der Waals surface area contributed by atoms with Crippen molar-refractivity contribution in [3.05, 3.63) is 34.3 Å². The van der Waals surface area contributed by atoms with Gasteiger partial charge in [0.1, 0.15) is 0 Å². The predicted molar refractivity (Wildman–Crippen MR) is 57.1 cm³/mol. The largest absolute Gasteiger partial charge is 0.416 e. The minimum Gasteiger partial charge on any atom is -0.324 e. The zero-order valence-corrected chi connectivity index (χ0v) is 9.42. The van der Waals surface area contributed by atoms with Crippen molar-refractivity contribution < 1.29 is 18.0 Å². The summed E-state index contributed by atoms with van der Waals surface area (Å²) in [6, 6.07) is 2.56. The smallest absolute Gasteiger partial charge is 0.324 e. The number of rotatable bonds is 2. The van der Waals surface area contributed by atoms with Crippen LogP contribution in [0.3, 0.4) is 0 Å². The minimum absolute atomic E-state index is 0. The topological polar surface area (TPSA) is 43.1 Å². The molecule has 0 atom stereocenters. The number of alkyl halides is 3. The number of hydrogen-bond acceptors (Lipinski definition) is 2. The van der Waals surface area contributed by atoms with Gasteiger partial charge >= 0.3 is 6.18 Å². The molecule has 0 spiro atoms. The highest BCUT2D eigenvalue weighted by Crippen LogP contribution is 2.31. The summed E-state index contributed by atoms with van der Waals surface area (Å²) in [4.78, 5) is 11.1. The van der Waals surface area contributed by atoms with Crippen LogP contribution < -0.4 is 5.73 Å². The van der Waals surface area contributed by atoms with Crippen LogP contribution >= 0.6 is 24.0 Å². The van der Waals surface area contributed by atoms with E-state index in [1.54, 1.807) is 0 Å². The third-order valence-electron chi connectivity index (χ3n) is 1.78. The number of benzene rings is 1. The number of nitrogens with two attached hydrogens (primary N) is 1. The van der Waals surface area contributed by atoms with E-state index in [-0.39, 0.29) is 29.5 Å². The van der Waals surface area contributed by atoms with Crippen LogP contribution in [0.2, 0.25) is 5.02 Å². The lowest BCUT2D eigenvalue weighted by Gasteiger charge is -2.09. The lowest BCUT2D eigenvalue weighted by molar-refractivity contribution is -0.137. The number of halogens is 5. The third kappa shape index (κ3) is 3.37. The first-order valence-electron chi connectivity index (χ1n) is 3.96. The molecule has 2 nitrogen and oxygen atoms in total. The number of carbonyl (C=O) groups is 1. The standard InChI is InChI=1S/C9H7ClF3NO.ClH/c10-7-2-1-5(9(11,12)13)3-6(7)8(15)4-14;/h1-3H,4,14H2;1H. The molecule has 16 heavy (non-hydrogen) atoms. The van der Waals surface area contributed by atoms with Gasteiger partial charge in [0.15, 0.2) is 5.78 Å². The highest BCUT2D eigenvalue weighted by atomic mass is 35.5. The van der Waals surface area contributed by atoms with Crippen molar-refractivity contribution in [2.75, 3.05) is 6.54 Å². The lowest BCUT2D eigenvalue weighted by atomic mass is 10.1. The molecule has 0 radical (unpaired) electrons. The lowest BCUT2D eigenvalue weighted by Crippen LogP contribution is -2.15. The zero-order chi connectivity index (χ0) is 11.6. The van der Waals surface area contributed by atoms with Crippen molar-refractivity contribution in [2.45, 2.75) is 6.18 Å². The minimum atomic E-state index is -4.49. The van der Waals surface area contributed by atoms with Crippen molar-refractivity contribution in [3.63, 3.8) is 0 Å². The molecule has 0 amide bonds. The fourth-order valence-electron chi connectivity index (χ4n) is 1.03. The van der Waals surface area contributed by atoms with E-state index in [9.17, 15) is 18.0 Å². The van der Waals surface area contributed by atoms with E-state index in [1.807, 2.05) is 0 Å². The molecule has 1 rings (SSSR count). The van der Waals surface area contributed by atoms with Gasteiger partial charge in [-0.05, 0) is 18.2 Å². The molecule has 0 aromatic heterocycles. The van der Waals surface area contributed by atoms with Gasteiger partial charge in [0.2, 0.25) is 0 Å². The second-order valence-corrected chi connectivity index (χ2v) is 3.23. The van der Waals surface area contributed by atoms with E-state index in [0.29, 0.717) is 6.07 Å². The van der Waals surface area contributed by atoms with Crippen LogP contribution in [-0.4, -0.2) is 12.3 Å². The average Bonchev–Trinajstić information content (AvgIpc) is 2.15. The van der Waals surface area contributed by atoms with E-state index >= 15 is 0 Å². The summed E-state index contributed by atoms with van der Waals surface area (Å²) in [6.45, 7) is -0.374. The molecular weight excluding hydrogens is 266 g/mol. The normalized spacial score (nSPS) is 10.8. The van der Waals surface area contributed by atoms with Crippen LogP contribution in [0.1, 0.15) is 15.9 Å². The highest BCUT2D eigenvalue weighted by molar-refractivity contribution is 6.34. The van der Waals surface area contributed by atoms with Gasteiger partial charge in [-0.2, -0.15) is 13.2 Å². The molecule has 7 heteroatoms. The van der Waals surface area contributed by atoms with Gasteiger partial charge in [0.25, 0.3) is 0 Å². The molecule has 0 heterocycles. The Morgan fingerprint density at radius 2 is 1.94 bits per heavy atom. The number of ketones is 1. The van der Waals surface area contributed by atoms with Crippen LogP contribution in [0.4, 0.5) is 13.2 Å². The molecule has 0 unspecified atom stereocenters. The molecule has 2 N–H and O–H groups in total. The van der Waals surface area contributed by atoms with Crippen molar-refractivity contribution in [1.82, 2.24) is 0 Å². The van der Waals surface area contributed by atoms with Gasteiger partial charge < -0.3 is 5.73 Å². The predicted octanol–water partition coefficient (Wildman–Crippen LogP) is 2.92. The molecule has 0 aliphatic carbocycles. The Balaban J connectivity index is 0.00000225. The van der Waals surface area contributed by atoms with E-state index in [4.69, 9.17) is 17.3 Å². The van der Waals surface area contributed by atoms with Crippen LogP contribution in [0, 0.1) is 0 Å². The van der Waals surface area contributed by atoms with E-state index in [2.05, 4.69) is 0 Å². The molecule has 0 aliphatic heterocycles. The first kappa shape index (κ1) is 15.2. The van der Waals surface area contributed by atoms with Crippen molar-refractivity contribution in [1.29, 1.82) is 0 Å².